The number of carboxylic acids is 1. The molecule has 3 rings (SSSR count). The summed E-state index contributed by atoms with van der Waals surface area (Å²) in [7, 11) is -3.70. The summed E-state index contributed by atoms with van der Waals surface area (Å²) in [5.41, 5.74) is -0.229. The molecule has 0 radical (unpaired) electrons. The summed E-state index contributed by atoms with van der Waals surface area (Å²) in [6, 6.07) is 4.65. The Balaban J connectivity index is 2.04. The molecule has 0 unspecified atom stereocenters. The molecule has 0 aliphatic carbocycles. The maximum absolute atomic E-state index is 14.0. The van der Waals surface area contributed by atoms with Crippen LogP contribution in [0.2, 0.25) is 0 Å². The molecule has 1 aromatic carbocycles. The van der Waals surface area contributed by atoms with Crippen molar-refractivity contribution in [2.45, 2.75) is 4.90 Å². The number of hydrogen-bond donors (Lipinski definition) is 2. The fraction of sp³-hybridized carbons (Fsp3) is 0.0714. The van der Waals surface area contributed by atoms with E-state index in [1.807, 2.05) is 0 Å². The quantitative estimate of drug-likeness (QED) is 0.704. The summed E-state index contributed by atoms with van der Waals surface area (Å²) in [5, 5.41) is 13.0. The van der Waals surface area contributed by atoms with Crippen LogP contribution in [-0.4, -0.2) is 40.5 Å². The Labute approximate surface area is 144 Å². The number of hydrogen-bond acceptors (Lipinski definition) is 6. The molecule has 0 aliphatic heterocycles. The van der Waals surface area contributed by atoms with Crippen molar-refractivity contribution in [3.63, 3.8) is 0 Å². The first-order valence-electron chi connectivity index (χ1n) is 6.68. The van der Waals surface area contributed by atoms with Crippen molar-refractivity contribution in [3.8, 4) is 16.4 Å². The monoisotopic (exact) mass is 383 g/mol. The van der Waals surface area contributed by atoms with Gasteiger partial charge >= 0.3 is 5.97 Å². The average Bonchev–Trinajstić information content (AvgIpc) is 3.12. The molecule has 0 fully saturated rings. The first-order chi connectivity index (χ1) is 11.7. The van der Waals surface area contributed by atoms with Gasteiger partial charge < -0.3 is 5.11 Å². The van der Waals surface area contributed by atoms with Gasteiger partial charge in [0.2, 0.25) is 5.13 Å². The van der Waals surface area contributed by atoms with Crippen molar-refractivity contribution in [2.75, 3.05) is 6.26 Å². The van der Waals surface area contributed by atoms with Gasteiger partial charge in [0.05, 0.1) is 5.69 Å². The van der Waals surface area contributed by atoms with Crippen molar-refractivity contribution in [1.82, 2.24) is 14.8 Å². The van der Waals surface area contributed by atoms with Crippen molar-refractivity contribution in [2.24, 2.45) is 0 Å². The predicted molar refractivity (Wildman–Crippen MR) is 87.5 cm³/mol. The number of carboxylic acid groups (broad SMARTS) is 1. The van der Waals surface area contributed by atoms with Crippen molar-refractivity contribution in [1.29, 1.82) is 0 Å². The number of H-pyrrole nitrogens is 1. The van der Waals surface area contributed by atoms with Gasteiger partial charge in [0.15, 0.2) is 15.5 Å². The minimum Gasteiger partial charge on any atom is -0.476 e. The zero-order valence-corrected chi connectivity index (χ0v) is 14.2. The number of sulfone groups is 1. The summed E-state index contributed by atoms with van der Waals surface area (Å²) >= 11 is 0.949. The minimum absolute atomic E-state index is 0.113. The van der Waals surface area contributed by atoms with Gasteiger partial charge in [-0.05, 0) is 12.1 Å². The van der Waals surface area contributed by atoms with Crippen LogP contribution in [0.25, 0.3) is 16.4 Å². The number of aromatic amines is 1. The van der Waals surface area contributed by atoms with Crippen LogP contribution in [0.15, 0.2) is 39.3 Å². The second kappa shape index (κ2) is 5.93. The maximum Gasteiger partial charge on any atom is 0.355 e. The third-order valence-corrected chi connectivity index (χ3v) is 5.22. The Morgan fingerprint density at radius 3 is 2.64 bits per heavy atom. The SMILES string of the molecule is CS(=O)(=O)c1ccc(-c2cc(=O)n(-c3nc(C(=O)O)cs3)[nH]2)cc1F. The van der Waals surface area contributed by atoms with E-state index in [9.17, 15) is 22.4 Å². The molecule has 0 aliphatic rings. The molecule has 25 heavy (non-hydrogen) atoms. The maximum atomic E-state index is 14.0. The predicted octanol–water partition coefficient (Wildman–Crippen LogP) is 1.53. The van der Waals surface area contributed by atoms with Crippen LogP contribution in [0.3, 0.4) is 0 Å². The number of thiazole rings is 1. The molecule has 2 N–H and O–H groups in total. The van der Waals surface area contributed by atoms with E-state index in [0.29, 0.717) is 0 Å². The molecule has 0 amide bonds. The number of carbonyl (C=O) groups is 1. The lowest BCUT2D eigenvalue weighted by Crippen LogP contribution is -2.13. The van der Waals surface area contributed by atoms with Crippen LogP contribution in [-0.2, 0) is 9.84 Å². The normalized spacial score (nSPS) is 11.6. The highest BCUT2D eigenvalue weighted by atomic mass is 32.2. The number of nitrogens with one attached hydrogen (secondary N) is 1. The van der Waals surface area contributed by atoms with Gasteiger partial charge in [-0.15, -0.1) is 11.3 Å². The molecule has 0 saturated heterocycles. The molecule has 0 atom stereocenters. The van der Waals surface area contributed by atoms with Gasteiger partial charge in [-0.2, -0.15) is 4.68 Å². The fourth-order valence-electron chi connectivity index (χ4n) is 2.12. The van der Waals surface area contributed by atoms with Gasteiger partial charge in [0.1, 0.15) is 10.7 Å². The molecule has 0 spiro atoms. The van der Waals surface area contributed by atoms with Crippen LogP contribution >= 0.6 is 11.3 Å². The number of rotatable bonds is 4. The Bertz CT molecular complexity index is 1140. The number of aromatic carboxylic acids is 1. The smallest absolute Gasteiger partial charge is 0.355 e. The van der Waals surface area contributed by atoms with E-state index in [0.717, 1.165) is 34.4 Å². The first kappa shape index (κ1) is 17.0. The molecule has 0 saturated carbocycles. The first-order valence-corrected chi connectivity index (χ1v) is 9.45. The van der Waals surface area contributed by atoms with Crippen molar-refractivity contribution >= 4 is 27.1 Å². The summed E-state index contributed by atoms with van der Waals surface area (Å²) in [6.07, 6.45) is 0.895. The van der Waals surface area contributed by atoms with E-state index in [4.69, 9.17) is 5.11 Å². The minimum atomic E-state index is -3.70. The molecule has 2 heterocycles. The zero-order valence-electron chi connectivity index (χ0n) is 12.6. The Morgan fingerprint density at radius 2 is 2.08 bits per heavy atom. The number of aromatic nitrogens is 3. The standard InChI is InChI=1S/C14H10FN3O5S2/c1-25(22,23)11-3-2-7(4-8(11)15)9-5-12(19)18(17-9)14-16-10(6-24-14)13(20)21/h2-6,17H,1H3,(H,20,21). The van der Waals surface area contributed by atoms with Gasteiger partial charge in [-0.3, -0.25) is 9.89 Å². The van der Waals surface area contributed by atoms with Crippen LogP contribution in [0.4, 0.5) is 4.39 Å². The van der Waals surface area contributed by atoms with Crippen LogP contribution < -0.4 is 5.56 Å². The van der Waals surface area contributed by atoms with Gasteiger partial charge in [-0.1, -0.05) is 6.07 Å². The molecule has 0 bridgehead atoms. The Hall–Kier alpha value is -2.79. The number of nitrogens with zero attached hydrogens (tertiary/aromatic N) is 2. The molecule has 11 heteroatoms. The largest absolute Gasteiger partial charge is 0.476 e. The summed E-state index contributed by atoms with van der Waals surface area (Å²) in [4.78, 5) is 26.3. The van der Waals surface area contributed by atoms with Gasteiger partial charge in [-0.25, -0.2) is 22.6 Å². The molecular weight excluding hydrogens is 373 g/mol. The highest BCUT2D eigenvalue weighted by Crippen LogP contribution is 2.23. The third-order valence-electron chi connectivity index (χ3n) is 3.27. The molecule has 3 aromatic rings. The molecule has 8 nitrogen and oxygen atoms in total. The number of halogens is 1. The average molecular weight is 383 g/mol. The van der Waals surface area contributed by atoms with E-state index in [-0.39, 0.29) is 22.1 Å². The van der Waals surface area contributed by atoms with Crippen molar-refractivity contribution in [3.05, 3.63) is 51.5 Å². The van der Waals surface area contributed by atoms with E-state index >= 15 is 0 Å². The van der Waals surface area contributed by atoms with Crippen LogP contribution in [0.5, 0.6) is 0 Å². The lowest BCUT2D eigenvalue weighted by atomic mass is 10.1. The van der Waals surface area contributed by atoms with Gasteiger partial charge in [0, 0.05) is 23.3 Å². The Morgan fingerprint density at radius 1 is 1.36 bits per heavy atom. The summed E-state index contributed by atoms with van der Waals surface area (Å²) < 4.78 is 37.9. The third kappa shape index (κ3) is 3.23. The topological polar surface area (TPSA) is 122 Å². The Kier molecular flexibility index (Phi) is 4.05. The molecule has 2 aromatic heterocycles. The lowest BCUT2D eigenvalue weighted by Gasteiger charge is -2.03. The van der Waals surface area contributed by atoms with E-state index in [1.165, 1.54) is 17.5 Å². The fourth-order valence-corrected chi connectivity index (χ4v) is 3.61. The van der Waals surface area contributed by atoms with Crippen LogP contribution in [0, 0.1) is 5.82 Å². The van der Waals surface area contributed by atoms with E-state index in [1.54, 1.807) is 0 Å². The highest BCUT2D eigenvalue weighted by molar-refractivity contribution is 7.90. The zero-order chi connectivity index (χ0) is 18.4. The van der Waals surface area contributed by atoms with Crippen molar-refractivity contribution < 1.29 is 22.7 Å². The van der Waals surface area contributed by atoms with Crippen LogP contribution in [0.1, 0.15) is 10.5 Å². The molecular formula is C14H10FN3O5S2. The number of benzene rings is 1. The van der Waals surface area contributed by atoms with Gasteiger partial charge in [0.25, 0.3) is 5.56 Å². The lowest BCUT2D eigenvalue weighted by molar-refractivity contribution is 0.0691. The van der Waals surface area contributed by atoms with E-state index in [2.05, 4.69) is 10.1 Å². The second-order valence-corrected chi connectivity index (χ2v) is 7.90. The van der Waals surface area contributed by atoms with E-state index < -0.39 is 32.1 Å². The highest BCUT2D eigenvalue weighted by Gasteiger charge is 2.17. The second-order valence-electron chi connectivity index (χ2n) is 5.08. The summed E-state index contributed by atoms with van der Waals surface area (Å²) in [5.74, 6) is -2.16. The molecule has 130 valence electrons. The summed E-state index contributed by atoms with van der Waals surface area (Å²) in [6.45, 7) is 0.